The van der Waals surface area contributed by atoms with Crippen molar-refractivity contribution in [1.29, 1.82) is 0 Å². The van der Waals surface area contributed by atoms with Crippen molar-refractivity contribution in [3.63, 3.8) is 0 Å². The third-order valence-corrected chi connectivity index (χ3v) is 8.46. The number of anilines is 1. The molecule has 0 saturated heterocycles. The van der Waals surface area contributed by atoms with E-state index in [1.54, 1.807) is 6.07 Å². The van der Waals surface area contributed by atoms with E-state index < -0.39 is 8.32 Å². The van der Waals surface area contributed by atoms with Crippen molar-refractivity contribution in [1.82, 2.24) is 4.98 Å². The average molecular weight is 317 g/mol. The number of rotatable bonds is 5. The van der Waals surface area contributed by atoms with Gasteiger partial charge >= 0.3 is 0 Å². The molecular weight excluding hydrogens is 292 g/mol. The second-order valence-electron chi connectivity index (χ2n) is 6.56. The van der Waals surface area contributed by atoms with Crippen molar-refractivity contribution >= 4 is 25.6 Å². The lowest BCUT2D eigenvalue weighted by Crippen LogP contribution is -2.44. The first-order valence-electron chi connectivity index (χ1n) is 6.74. The zero-order valence-corrected chi connectivity index (χ0v) is 14.9. The second-order valence-corrected chi connectivity index (χ2v) is 11.7. The molecule has 0 fully saturated rings. The predicted molar refractivity (Wildman–Crippen MR) is 86.9 cm³/mol. The van der Waals surface area contributed by atoms with Crippen LogP contribution in [0.3, 0.4) is 0 Å². The fraction of sp³-hybridized carbons (Fsp3) is 0.643. The summed E-state index contributed by atoms with van der Waals surface area (Å²) in [7, 11) is -1.78. The molecule has 0 aliphatic rings. The summed E-state index contributed by atoms with van der Waals surface area (Å²) in [6.07, 6.45) is 1.52. The summed E-state index contributed by atoms with van der Waals surface area (Å²) in [5, 5.41) is 0.600. The molecule has 1 heterocycles. The summed E-state index contributed by atoms with van der Waals surface area (Å²) in [6, 6.07) is 1.63. The number of pyridine rings is 1. The van der Waals surface area contributed by atoms with Gasteiger partial charge in [0, 0.05) is 0 Å². The standard InChI is InChI=1S/C14H25ClN2O2Si/c1-10(19-20(5,6)14(2,3)4)9-18-13-12(15)7-11(16)8-17-13/h7-8,10H,9,16H2,1-6H3. The maximum atomic E-state index is 6.21. The summed E-state index contributed by atoms with van der Waals surface area (Å²) in [5.41, 5.74) is 6.11. The first-order valence-corrected chi connectivity index (χ1v) is 10.0. The van der Waals surface area contributed by atoms with E-state index in [1.165, 1.54) is 6.20 Å². The van der Waals surface area contributed by atoms with Crippen LogP contribution in [0.1, 0.15) is 27.7 Å². The van der Waals surface area contributed by atoms with Crippen molar-refractivity contribution in [2.45, 2.75) is 51.9 Å². The maximum absolute atomic E-state index is 6.21. The van der Waals surface area contributed by atoms with Gasteiger partial charge in [-0.25, -0.2) is 4.98 Å². The zero-order valence-electron chi connectivity index (χ0n) is 13.2. The summed E-state index contributed by atoms with van der Waals surface area (Å²) >= 11 is 6.02. The van der Waals surface area contributed by atoms with E-state index in [9.17, 15) is 0 Å². The van der Waals surface area contributed by atoms with Gasteiger partial charge in [0.05, 0.1) is 18.0 Å². The van der Waals surface area contributed by atoms with Crippen LogP contribution in [0.5, 0.6) is 5.88 Å². The van der Waals surface area contributed by atoms with Gasteiger partial charge in [0.15, 0.2) is 8.32 Å². The van der Waals surface area contributed by atoms with Crippen molar-refractivity contribution in [3.05, 3.63) is 17.3 Å². The molecule has 0 spiro atoms. The number of halogens is 1. The normalized spacial score (nSPS) is 14.2. The molecule has 6 heteroatoms. The van der Waals surface area contributed by atoms with Crippen LogP contribution >= 0.6 is 11.6 Å². The minimum Gasteiger partial charge on any atom is -0.474 e. The van der Waals surface area contributed by atoms with E-state index in [-0.39, 0.29) is 11.1 Å². The summed E-state index contributed by atoms with van der Waals surface area (Å²) in [5.74, 6) is 0.395. The Morgan fingerprint density at radius 3 is 2.50 bits per heavy atom. The smallest absolute Gasteiger partial charge is 0.232 e. The van der Waals surface area contributed by atoms with E-state index in [4.69, 9.17) is 26.5 Å². The molecule has 0 aromatic carbocycles. The minimum atomic E-state index is -1.78. The molecule has 0 aliphatic carbocycles. The van der Waals surface area contributed by atoms with Gasteiger partial charge in [-0.1, -0.05) is 32.4 Å². The molecule has 2 N–H and O–H groups in total. The van der Waals surface area contributed by atoms with Crippen molar-refractivity contribution in [2.24, 2.45) is 0 Å². The van der Waals surface area contributed by atoms with Gasteiger partial charge in [-0.2, -0.15) is 0 Å². The molecule has 4 nitrogen and oxygen atoms in total. The Labute approximate surface area is 127 Å². The number of nitrogens with zero attached hydrogens (tertiary/aromatic N) is 1. The maximum Gasteiger partial charge on any atom is 0.232 e. The predicted octanol–water partition coefficient (Wildman–Crippen LogP) is 4.11. The van der Waals surface area contributed by atoms with Gasteiger partial charge in [0.25, 0.3) is 0 Å². The molecule has 0 bridgehead atoms. The summed E-state index contributed by atoms with van der Waals surface area (Å²) in [4.78, 5) is 4.07. The van der Waals surface area contributed by atoms with Crippen LogP contribution in [0.25, 0.3) is 0 Å². The van der Waals surface area contributed by atoms with E-state index >= 15 is 0 Å². The molecule has 1 unspecified atom stereocenters. The number of hydrogen-bond acceptors (Lipinski definition) is 4. The van der Waals surface area contributed by atoms with Crippen LogP contribution < -0.4 is 10.5 Å². The molecule has 1 rings (SSSR count). The number of aromatic nitrogens is 1. The van der Waals surface area contributed by atoms with Gasteiger partial charge in [-0.05, 0) is 31.1 Å². The highest BCUT2D eigenvalue weighted by Crippen LogP contribution is 2.37. The number of hydrogen-bond donors (Lipinski definition) is 1. The van der Waals surface area contributed by atoms with Gasteiger partial charge in [0.1, 0.15) is 11.6 Å². The third-order valence-electron chi connectivity index (χ3n) is 3.59. The largest absolute Gasteiger partial charge is 0.474 e. The molecule has 1 aromatic rings. The van der Waals surface area contributed by atoms with Crippen LogP contribution in [0.2, 0.25) is 23.2 Å². The fourth-order valence-corrected chi connectivity index (χ4v) is 3.11. The minimum absolute atomic E-state index is 0.00805. The average Bonchev–Trinajstić information content (AvgIpc) is 2.25. The molecule has 1 atom stereocenters. The summed E-state index contributed by atoms with van der Waals surface area (Å²) in [6.45, 7) is 13.5. The first-order chi connectivity index (χ1) is 9.03. The number of nitrogens with two attached hydrogens (primary N) is 1. The highest BCUT2D eigenvalue weighted by molar-refractivity contribution is 6.74. The lowest BCUT2D eigenvalue weighted by atomic mass is 10.2. The van der Waals surface area contributed by atoms with Crippen molar-refractivity contribution < 1.29 is 9.16 Å². The lowest BCUT2D eigenvalue weighted by Gasteiger charge is -2.38. The van der Waals surface area contributed by atoms with Crippen molar-refractivity contribution in [2.75, 3.05) is 12.3 Å². The molecular formula is C14H25ClN2O2Si. The molecule has 20 heavy (non-hydrogen) atoms. The van der Waals surface area contributed by atoms with Gasteiger partial charge in [-0.3, -0.25) is 0 Å². The van der Waals surface area contributed by atoms with E-state index in [0.29, 0.717) is 23.2 Å². The molecule has 114 valence electrons. The Balaban J connectivity index is 2.58. The van der Waals surface area contributed by atoms with Crippen LogP contribution in [0.4, 0.5) is 5.69 Å². The Morgan fingerprint density at radius 1 is 1.40 bits per heavy atom. The third kappa shape index (κ3) is 4.65. The first kappa shape index (κ1) is 17.3. The van der Waals surface area contributed by atoms with E-state index in [0.717, 1.165) is 0 Å². The van der Waals surface area contributed by atoms with Crippen LogP contribution in [-0.4, -0.2) is 26.0 Å². The Kier molecular flexibility index (Phi) is 5.46. The summed E-state index contributed by atoms with van der Waals surface area (Å²) < 4.78 is 11.8. The zero-order chi connectivity index (χ0) is 15.6. The second kappa shape index (κ2) is 6.33. The fourth-order valence-electron chi connectivity index (χ4n) is 1.46. The molecule has 0 aliphatic heterocycles. The van der Waals surface area contributed by atoms with E-state index in [1.807, 2.05) is 6.92 Å². The van der Waals surface area contributed by atoms with Crippen LogP contribution in [0, 0.1) is 0 Å². The van der Waals surface area contributed by atoms with Gasteiger partial charge < -0.3 is 14.9 Å². The van der Waals surface area contributed by atoms with E-state index in [2.05, 4.69) is 38.8 Å². The Morgan fingerprint density at radius 2 is 2.00 bits per heavy atom. The molecule has 0 saturated carbocycles. The van der Waals surface area contributed by atoms with Gasteiger partial charge in [-0.15, -0.1) is 0 Å². The highest BCUT2D eigenvalue weighted by Gasteiger charge is 2.38. The molecule has 1 aromatic heterocycles. The number of nitrogen functional groups attached to an aromatic ring is 1. The Bertz CT molecular complexity index is 461. The molecule has 0 amide bonds. The monoisotopic (exact) mass is 316 g/mol. The van der Waals surface area contributed by atoms with Gasteiger partial charge in [0.2, 0.25) is 5.88 Å². The van der Waals surface area contributed by atoms with Crippen LogP contribution in [-0.2, 0) is 4.43 Å². The topological polar surface area (TPSA) is 57.4 Å². The SMILES string of the molecule is CC(COc1ncc(N)cc1Cl)O[Si](C)(C)C(C)(C)C. The lowest BCUT2D eigenvalue weighted by molar-refractivity contribution is 0.126. The quantitative estimate of drug-likeness (QED) is 0.831. The molecule has 0 radical (unpaired) electrons. The van der Waals surface area contributed by atoms with Crippen LogP contribution in [0.15, 0.2) is 12.3 Å². The Hall–Kier alpha value is -0.783. The van der Waals surface area contributed by atoms with Crippen molar-refractivity contribution in [3.8, 4) is 5.88 Å². The highest BCUT2D eigenvalue weighted by atomic mass is 35.5. The number of ether oxygens (including phenoxy) is 1.